The first-order valence-electron chi connectivity index (χ1n) is 5.46. The number of fused-ring (bicyclic) bond motifs is 2. The van der Waals surface area contributed by atoms with Crippen molar-refractivity contribution in [2.24, 2.45) is 5.73 Å². The molecule has 2 atom stereocenters. The summed E-state index contributed by atoms with van der Waals surface area (Å²) < 4.78 is 24.2. The number of rotatable bonds is 3. The summed E-state index contributed by atoms with van der Waals surface area (Å²) >= 11 is 0. The van der Waals surface area contributed by atoms with Crippen molar-refractivity contribution in [3.05, 3.63) is 0 Å². The molecule has 2 aliphatic heterocycles. The first kappa shape index (κ1) is 10.3. The average molecular weight is 204 g/mol. The minimum absolute atomic E-state index is 0.0161. The monoisotopic (exact) mass is 204 g/mol. The Labute approximate surface area is 83.4 Å². The van der Waals surface area contributed by atoms with Crippen LogP contribution in [-0.2, 0) is 0 Å². The lowest BCUT2D eigenvalue weighted by atomic mass is 9.98. The minimum atomic E-state index is -2.16. The van der Waals surface area contributed by atoms with E-state index in [2.05, 4.69) is 4.90 Å². The minimum Gasteiger partial charge on any atom is -0.328 e. The summed E-state index contributed by atoms with van der Waals surface area (Å²) in [5.41, 5.74) is 5.90. The molecule has 2 nitrogen and oxygen atoms in total. The zero-order valence-corrected chi connectivity index (χ0v) is 8.33. The van der Waals surface area contributed by atoms with Gasteiger partial charge in [-0.3, -0.25) is 4.90 Å². The van der Waals surface area contributed by atoms with E-state index in [-0.39, 0.29) is 6.42 Å². The molecule has 2 N–H and O–H groups in total. The smallest absolute Gasteiger partial charge is 0.239 e. The highest BCUT2D eigenvalue weighted by Gasteiger charge is 2.39. The van der Waals surface area contributed by atoms with Crippen molar-refractivity contribution < 1.29 is 8.78 Å². The Morgan fingerprint density at radius 1 is 1.21 bits per heavy atom. The number of piperidine rings is 1. The average Bonchev–Trinajstić information content (AvgIpc) is 2.34. The van der Waals surface area contributed by atoms with Crippen LogP contribution in [-0.4, -0.2) is 36.0 Å². The Kier molecular flexibility index (Phi) is 3.02. The first-order chi connectivity index (χ1) is 6.66. The van der Waals surface area contributed by atoms with E-state index >= 15 is 0 Å². The molecular weight excluding hydrogens is 186 g/mol. The van der Waals surface area contributed by atoms with Gasteiger partial charge in [0, 0.05) is 31.1 Å². The van der Waals surface area contributed by atoms with Gasteiger partial charge in [0.05, 0.1) is 0 Å². The molecule has 0 amide bonds. The van der Waals surface area contributed by atoms with E-state index in [0.29, 0.717) is 24.7 Å². The molecule has 2 saturated heterocycles. The molecule has 14 heavy (non-hydrogen) atoms. The molecular formula is C10H18F2N2. The largest absolute Gasteiger partial charge is 0.328 e. The number of hydrogen-bond donors (Lipinski definition) is 1. The summed E-state index contributed by atoms with van der Waals surface area (Å²) in [6.07, 6.45) is 2.16. The fourth-order valence-electron chi connectivity index (χ4n) is 2.93. The van der Waals surface area contributed by atoms with Gasteiger partial charge in [-0.15, -0.1) is 0 Å². The van der Waals surface area contributed by atoms with E-state index in [0.717, 1.165) is 25.7 Å². The molecule has 2 rings (SSSR count). The topological polar surface area (TPSA) is 29.3 Å². The van der Waals surface area contributed by atoms with Crippen LogP contribution in [0.25, 0.3) is 0 Å². The van der Waals surface area contributed by atoms with Crippen LogP contribution in [0.4, 0.5) is 8.78 Å². The molecule has 2 heterocycles. The van der Waals surface area contributed by atoms with Gasteiger partial charge >= 0.3 is 0 Å². The lowest BCUT2D eigenvalue weighted by Gasteiger charge is -2.37. The third-order valence-electron chi connectivity index (χ3n) is 3.53. The lowest BCUT2D eigenvalue weighted by molar-refractivity contribution is 0.0783. The van der Waals surface area contributed by atoms with Crippen molar-refractivity contribution in [2.75, 3.05) is 6.54 Å². The molecule has 0 saturated carbocycles. The van der Waals surface area contributed by atoms with Crippen molar-refractivity contribution in [3.8, 4) is 0 Å². The molecule has 82 valence electrons. The van der Waals surface area contributed by atoms with Crippen LogP contribution in [0.5, 0.6) is 0 Å². The normalized spacial score (nSPS) is 38.1. The highest BCUT2D eigenvalue weighted by molar-refractivity contribution is 4.96. The van der Waals surface area contributed by atoms with E-state index in [4.69, 9.17) is 5.73 Å². The maximum atomic E-state index is 12.1. The summed E-state index contributed by atoms with van der Waals surface area (Å²) in [6, 6.07) is 1.28. The summed E-state index contributed by atoms with van der Waals surface area (Å²) in [7, 11) is 0. The zero-order chi connectivity index (χ0) is 10.1. The summed E-state index contributed by atoms with van der Waals surface area (Å²) in [4.78, 5) is 2.26. The molecule has 2 fully saturated rings. The van der Waals surface area contributed by atoms with Crippen LogP contribution >= 0.6 is 0 Å². The third-order valence-corrected chi connectivity index (χ3v) is 3.53. The quantitative estimate of drug-likeness (QED) is 0.756. The first-order valence-corrected chi connectivity index (χ1v) is 5.46. The fraction of sp³-hybridized carbons (Fsp3) is 1.00. The Bertz CT molecular complexity index is 185. The Hall–Kier alpha value is -0.220. The van der Waals surface area contributed by atoms with Gasteiger partial charge in [0.15, 0.2) is 0 Å². The van der Waals surface area contributed by atoms with Gasteiger partial charge in [-0.2, -0.15) is 0 Å². The van der Waals surface area contributed by atoms with Crippen molar-refractivity contribution in [1.82, 2.24) is 4.90 Å². The van der Waals surface area contributed by atoms with Gasteiger partial charge < -0.3 is 5.73 Å². The van der Waals surface area contributed by atoms with Crippen LogP contribution in [0.15, 0.2) is 0 Å². The molecule has 2 unspecified atom stereocenters. The molecule has 0 aliphatic carbocycles. The second-order valence-electron chi connectivity index (χ2n) is 4.53. The SMILES string of the molecule is NC1CC2CCC(C1)N2CCC(F)F. The summed E-state index contributed by atoms with van der Waals surface area (Å²) in [5.74, 6) is 0. The van der Waals surface area contributed by atoms with Crippen LogP contribution in [0.1, 0.15) is 32.1 Å². The second-order valence-corrected chi connectivity index (χ2v) is 4.53. The number of halogens is 2. The van der Waals surface area contributed by atoms with Gasteiger partial charge in [-0.1, -0.05) is 0 Å². The predicted molar refractivity (Wildman–Crippen MR) is 51.3 cm³/mol. The number of hydrogen-bond acceptors (Lipinski definition) is 2. The van der Waals surface area contributed by atoms with E-state index < -0.39 is 6.43 Å². The van der Waals surface area contributed by atoms with Crippen LogP contribution in [0.3, 0.4) is 0 Å². The van der Waals surface area contributed by atoms with Gasteiger partial charge in [0.1, 0.15) is 0 Å². The molecule has 0 aromatic heterocycles. The van der Waals surface area contributed by atoms with E-state index in [1.165, 1.54) is 0 Å². The molecule has 0 spiro atoms. The molecule has 2 aliphatic rings. The molecule has 2 bridgehead atoms. The number of alkyl halides is 2. The van der Waals surface area contributed by atoms with Crippen molar-refractivity contribution in [3.63, 3.8) is 0 Å². The van der Waals surface area contributed by atoms with Crippen molar-refractivity contribution in [2.45, 2.75) is 56.7 Å². The molecule has 0 aromatic rings. The predicted octanol–water partition coefficient (Wildman–Crippen LogP) is 1.60. The Balaban J connectivity index is 1.88. The molecule has 0 radical (unpaired) electrons. The standard InChI is InChI=1S/C10H18F2N2/c11-10(12)3-4-14-8-1-2-9(14)6-7(13)5-8/h7-10H,1-6,13H2. The maximum Gasteiger partial charge on any atom is 0.239 e. The summed E-state index contributed by atoms with van der Waals surface area (Å²) in [6.45, 7) is 0.555. The van der Waals surface area contributed by atoms with Gasteiger partial charge in [0.2, 0.25) is 6.43 Å². The maximum absolute atomic E-state index is 12.1. The van der Waals surface area contributed by atoms with E-state index in [1.807, 2.05) is 0 Å². The molecule has 0 aromatic carbocycles. The van der Waals surface area contributed by atoms with Crippen molar-refractivity contribution in [1.29, 1.82) is 0 Å². The highest BCUT2D eigenvalue weighted by Crippen LogP contribution is 2.35. The van der Waals surface area contributed by atoms with Crippen LogP contribution < -0.4 is 5.73 Å². The highest BCUT2D eigenvalue weighted by atomic mass is 19.3. The van der Waals surface area contributed by atoms with Crippen molar-refractivity contribution >= 4 is 0 Å². The van der Waals surface area contributed by atoms with Gasteiger partial charge in [-0.05, 0) is 25.7 Å². The Morgan fingerprint density at radius 2 is 1.79 bits per heavy atom. The van der Waals surface area contributed by atoms with E-state index in [9.17, 15) is 8.78 Å². The number of nitrogens with zero attached hydrogens (tertiary/aromatic N) is 1. The van der Waals surface area contributed by atoms with Gasteiger partial charge in [-0.25, -0.2) is 8.78 Å². The summed E-state index contributed by atoms with van der Waals surface area (Å²) in [5, 5.41) is 0. The number of nitrogens with two attached hydrogens (primary N) is 1. The van der Waals surface area contributed by atoms with Crippen LogP contribution in [0.2, 0.25) is 0 Å². The van der Waals surface area contributed by atoms with E-state index in [1.54, 1.807) is 0 Å². The molecule has 4 heteroatoms. The third kappa shape index (κ3) is 2.06. The fourth-order valence-corrected chi connectivity index (χ4v) is 2.93. The lowest BCUT2D eigenvalue weighted by Crippen LogP contribution is -2.47. The second kappa shape index (κ2) is 4.11. The Morgan fingerprint density at radius 3 is 2.29 bits per heavy atom. The van der Waals surface area contributed by atoms with Gasteiger partial charge in [0.25, 0.3) is 0 Å². The van der Waals surface area contributed by atoms with Crippen LogP contribution in [0, 0.1) is 0 Å². The zero-order valence-electron chi connectivity index (χ0n) is 8.33.